The van der Waals surface area contributed by atoms with E-state index in [4.69, 9.17) is 9.47 Å². The highest BCUT2D eigenvalue weighted by atomic mass is 31.2. The van der Waals surface area contributed by atoms with Crippen LogP contribution in [0.15, 0.2) is 48.8 Å². The molecule has 0 amide bonds. The molecular formula is C29H39FN3O4P. The van der Waals surface area contributed by atoms with Crippen LogP contribution in [0, 0.1) is 5.82 Å². The molecule has 1 aromatic carbocycles. The van der Waals surface area contributed by atoms with Crippen LogP contribution in [-0.4, -0.2) is 51.8 Å². The van der Waals surface area contributed by atoms with Crippen molar-refractivity contribution in [1.29, 1.82) is 0 Å². The molecule has 0 aliphatic rings. The molecule has 0 aliphatic heterocycles. The first-order chi connectivity index (χ1) is 17.9. The van der Waals surface area contributed by atoms with Gasteiger partial charge in [-0.1, -0.05) is 25.1 Å². The van der Waals surface area contributed by atoms with Gasteiger partial charge in [0.1, 0.15) is 12.4 Å². The molecule has 1 N–H and O–H groups in total. The van der Waals surface area contributed by atoms with Crippen LogP contribution in [0.5, 0.6) is 11.8 Å². The predicted molar refractivity (Wildman–Crippen MR) is 150 cm³/mol. The summed E-state index contributed by atoms with van der Waals surface area (Å²) in [7, 11) is -1.63. The highest BCUT2D eigenvalue weighted by molar-refractivity contribution is 7.57. The number of nitrogens with zero attached hydrogens (tertiary/aromatic N) is 3. The Bertz CT molecular complexity index is 1270. The second kappa shape index (κ2) is 12.8. The Kier molecular flexibility index (Phi) is 10.0. The zero-order valence-electron chi connectivity index (χ0n) is 23.3. The molecule has 0 bridgehead atoms. The summed E-state index contributed by atoms with van der Waals surface area (Å²) in [6, 6.07) is 11.7. The molecule has 2 heterocycles. The zero-order chi connectivity index (χ0) is 28.0. The standard InChI is InChI=1S/C29H39FN3O4P/c1-19(2)33(20(3)4)16-24-12-22(8-9-25(24)26-14-28(36-6)32-15-27(26)30)17-37-29-13-23(10-11-31-29)21(5)18-38(7,34)35/h8-15,19-21H,16-18H2,1-7H3,(H,34,35)/t21-/m1/s1. The smallest absolute Gasteiger partial charge is 0.213 e. The van der Waals surface area contributed by atoms with Crippen molar-refractivity contribution >= 4 is 7.37 Å². The molecule has 206 valence electrons. The molecule has 1 unspecified atom stereocenters. The quantitative estimate of drug-likeness (QED) is 0.261. The van der Waals surface area contributed by atoms with Crippen molar-refractivity contribution < 1.29 is 23.3 Å². The second-order valence-electron chi connectivity index (χ2n) is 10.4. The summed E-state index contributed by atoms with van der Waals surface area (Å²) in [5, 5.41) is 0. The zero-order valence-corrected chi connectivity index (χ0v) is 24.2. The summed E-state index contributed by atoms with van der Waals surface area (Å²) in [6.07, 6.45) is 3.03. The van der Waals surface area contributed by atoms with Crippen molar-refractivity contribution in [1.82, 2.24) is 14.9 Å². The summed E-state index contributed by atoms with van der Waals surface area (Å²) in [4.78, 5) is 20.4. The van der Waals surface area contributed by atoms with E-state index in [1.54, 1.807) is 12.3 Å². The van der Waals surface area contributed by atoms with E-state index < -0.39 is 13.2 Å². The Morgan fingerprint density at radius 3 is 2.34 bits per heavy atom. The van der Waals surface area contributed by atoms with Crippen LogP contribution in [0.2, 0.25) is 0 Å². The van der Waals surface area contributed by atoms with E-state index in [-0.39, 0.29) is 18.7 Å². The van der Waals surface area contributed by atoms with Gasteiger partial charge in [-0.3, -0.25) is 9.46 Å². The third-order valence-corrected chi connectivity index (χ3v) is 7.73. The average molecular weight is 544 g/mol. The van der Waals surface area contributed by atoms with Gasteiger partial charge in [0.15, 0.2) is 7.37 Å². The number of rotatable bonds is 12. The van der Waals surface area contributed by atoms with Gasteiger partial charge in [-0.2, -0.15) is 0 Å². The summed E-state index contributed by atoms with van der Waals surface area (Å²) >= 11 is 0. The van der Waals surface area contributed by atoms with Gasteiger partial charge < -0.3 is 14.4 Å². The number of hydrogen-bond acceptors (Lipinski definition) is 6. The van der Waals surface area contributed by atoms with Crippen LogP contribution in [-0.2, 0) is 17.7 Å². The molecule has 0 saturated heterocycles. The van der Waals surface area contributed by atoms with E-state index in [2.05, 4.69) is 42.6 Å². The van der Waals surface area contributed by atoms with Crippen LogP contribution >= 0.6 is 7.37 Å². The maximum absolute atomic E-state index is 14.9. The number of hydrogen-bond donors (Lipinski definition) is 1. The van der Waals surface area contributed by atoms with Crippen LogP contribution in [0.3, 0.4) is 0 Å². The van der Waals surface area contributed by atoms with E-state index in [1.165, 1.54) is 20.0 Å². The van der Waals surface area contributed by atoms with Crippen molar-refractivity contribution in [2.75, 3.05) is 19.9 Å². The normalized spacial score (nSPS) is 14.1. The number of pyridine rings is 2. The van der Waals surface area contributed by atoms with E-state index in [9.17, 15) is 13.8 Å². The fourth-order valence-corrected chi connectivity index (χ4v) is 5.83. The third kappa shape index (κ3) is 8.10. The molecule has 9 heteroatoms. The Labute approximate surface area is 225 Å². The minimum atomic E-state index is -3.14. The SMILES string of the molecule is COc1cc(-c2ccc(COc3cc([C@H](C)CP(C)(=O)O)ccn3)cc2CN(C(C)C)C(C)C)c(F)cn1. The summed E-state index contributed by atoms with van der Waals surface area (Å²) in [5.41, 5.74) is 4.00. The van der Waals surface area contributed by atoms with Gasteiger partial charge in [-0.25, -0.2) is 14.4 Å². The highest BCUT2D eigenvalue weighted by Crippen LogP contribution is 2.40. The Balaban J connectivity index is 1.91. The molecule has 0 fully saturated rings. The summed E-state index contributed by atoms with van der Waals surface area (Å²) in [6.45, 7) is 12.8. The van der Waals surface area contributed by atoms with Gasteiger partial charge in [0.2, 0.25) is 11.8 Å². The van der Waals surface area contributed by atoms with Gasteiger partial charge in [0.25, 0.3) is 0 Å². The highest BCUT2D eigenvalue weighted by Gasteiger charge is 2.20. The van der Waals surface area contributed by atoms with Crippen molar-refractivity contribution in [2.45, 2.75) is 65.8 Å². The van der Waals surface area contributed by atoms with Crippen molar-refractivity contribution in [3.8, 4) is 22.9 Å². The molecule has 38 heavy (non-hydrogen) atoms. The minimum absolute atomic E-state index is 0.0997. The number of aromatic nitrogens is 2. The lowest BCUT2D eigenvalue weighted by molar-refractivity contribution is 0.166. The molecule has 3 aromatic rings. The lowest BCUT2D eigenvalue weighted by Gasteiger charge is -2.31. The van der Waals surface area contributed by atoms with E-state index in [0.717, 1.165) is 22.3 Å². The molecule has 0 aliphatic carbocycles. The van der Waals surface area contributed by atoms with Crippen molar-refractivity contribution in [2.24, 2.45) is 0 Å². The molecule has 0 spiro atoms. The molecule has 2 atom stereocenters. The van der Waals surface area contributed by atoms with E-state index in [0.29, 0.717) is 36.0 Å². The summed E-state index contributed by atoms with van der Waals surface area (Å²) in [5.74, 6) is 0.286. The van der Waals surface area contributed by atoms with Crippen molar-refractivity contribution in [3.63, 3.8) is 0 Å². The van der Waals surface area contributed by atoms with Crippen LogP contribution < -0.4 is 9.47 Å². The molecule has 3 rings (SSSR count). The van der Waals surface area contributed by atoms with Crippen molar-refractivity contribution in [3.05, 3.63) is 71.3 Å². The number of benzene rings is 1. The lowest BCUT2D eigenvalue weighted by atomic mass is 9.96. The molecular weight excluding hydrogens is 504 g/mol. The van der Waals surface area contributed by atoms with E-state index >= 15 is 0 Å². The monoisotopic (exact) mass is 543 g/mol. The maximum atomic E-state index is 14.9. The molecule has 7 nitrogen and oxygen atoms in total. The number of ether oxygens (including phenoxy) is 2. The molecule has 0 saturated carbocycles. The number of methoxy groups -OCH3 is 1. The van der Waals surface area contributed by atoms with Gasteiger partial charge >= 0.3 is 0 Å². The van der Waals surface area contributed by atoms with Crippen LogP contribution in [0.4, 0.5) is 4.39 Å². The van der Waals surface area contributed by atoms with Gasteiger partial charge in [0, 0.05) is 55.3 Å². The fourth-order valence-electron chi connectivity index (χ4n) is 4.61. The fraction of sp³-hybridized carbons (Fsp3) is 0.448. The largest absolute Gasteiger partial charge is 0.481 e. The predicted octanol–water partition coefficient (Wildman–Crippen LogP) is 6.49. The van der Waals surface area contributed by atoms with Gasteiger partial charge in [-0.05, 0) is 61.9 Å². The molecule has 0 radical (unpaired) electrons. The number of halogens is 1. The Hall–Kier alpha value is -2.80. The van der Waals surface area contributed by atoms with Gasteiger partial charge in [-0.15, -0.1) is 0 Å². The first kappa shape index (κ1) is 29.8. The Morgan fingerprint density at radius 2 is 1.71 bits per heavy atom. The van der Waals surface area contributed by atoms with Gasteiger partial charge in [0.05, 0.1) is 13.3 Å². The first-order valence-electron chi connectivity index (χ1n) is 12.8. The van der Waals surface area contributed by atoms with E-state index in [1.807, 2.05) is 37.3 Å². The maximum Gasteiger partial charge on any atom is 0.213 e. The molecule has 2 aromatic heterocycles. The van der Waals surface area contributed by atoms with Crippen LogP contribution in [0.25, 0.3) is 11.1 Å². The summed E-state index contributed by atoms with van der Waals surface area (Å²) < 4.78 is 38.0. The minimum Gasteiger partial charge on any atom is -0.481 e. The second-order valence-corrected chi connectivity index (χ2v) is 12.9. The Morgan fingerprint density at radius 1 is 1.00 bits per heavy atom. The third-order valence-electron chi connectivity index (χ3n) is 6.51. The first-order valence-corrected chi connectivity index (χ1v) is 15.1. The topological polar surface area (TPSA) is 84.8 Å². The van der Waals surface area contributed by atoms with Crippen LogP contribution in [0.1, 0.15) is 57.2 Å². The average Bonchev–Trinajstić information content (AvgIpc) is 2.85. The lowest BCUT2D eigenvalue weighted by Crippen LogP contribution is -2.36.